The van der Waals surface area contributed by atoms with Crippen LogP contribution in [0, 0.1) is 0 Å². The van der Waals surface area contributed by atoms with Gasteiger partial charge in [0, 0.05) is 43.8 Å². The average molecular weight is 499 g/mol. The van der Waals surface area contributed by atoms with Gasteiger partial charge in [0.05, 0.1) is 16.8 Å². The van der Waals surface area contributed by atoms with Gasteiger partial charge in [-0.25, -0.2) is 13.4 Å². The molecule has 0 spiro atoms. The molecular weight excluding hydrogens is 472 g/mol. The lowest BCUT2D eigenvalue weighted by molar-refractivity contribution is 0.312. The van der Waals surface area contributed by atoms with Gasteiger partial charge in [0.15, 0.2) is 15.7 Å². The van der Waals surface area contributed by atoms with E-state index in [0.717, 1.165) is 50.3 Å². The molecule has 0 atom stereocenters. The summed E-state index contributed by atoms with van der Waals surface area (Å²) in [5, 5.41) is 6.70. The first-order valence-corrected chi connectivity index (χ1v) is 13.5. The van der Waals surface area contributed by atoms with Crippen molar-refractivity contribution in [1.82, 2.24) is 14.9 Å². The SMILES string of the molecule is CN1CCN(c2ccc3cc2CCc2ccc(S(C)(=O)=O)c(c2)Nc2nc(ncc2Cl)N3)CC1. The Morgan fingerprint density at radius 3 is 2.56 bits per heavy atom. The molecule has 10 heteroatoms. The molecule has 3 aromatic rings. The molecule has 0 aliphatic carbocycles. The summed E-state index contributed by atoms with van der Waals surface area (Å²) in [6.45, 7) is 4.03. The number of piperazine rings is 1. The van der Waals surface area contributed by atoms with E-state index in [0.29, 0.717) is 22.5 Å². The molecule has 2 aliphatic rings. The molecule has 2 aliphatic heterocycles. The largest absolute Gasteiger partial charge is 0.369 e. The second-order valence-corrected chi connectivity index (χ2v) is 11.3. The minimum Gasteiger partial charge on any atom is -0.369 e. The highest BCUT2D eigenvalue weighted by atomic mass is 35.5. The Bertz CT molecular complexity index is 1340. The highest BCUT2D eigenvalue weighted by Gasteiger charge is 2.20. The van der Waals surface area contributed by atoms with Crippen LogP contribution in [0.15, 0.2) is 47.5 Å². The first kappa shape index (κ1) is 22.9. The van der Waals surface area contributed by atoms with Crippen LogP contribution in [0.25, 0.3) is 0 Å². The fourth-order valence-corrected chi connectivity index (χ4v) is 5.39. The van der Waals surface area contributed by atoms with Crippen molar-refractivity contribution < 1.29 is 8.42 Å². The van der Waals surface area contributed by atoms with Gasteiger partial charge in [-0.2, -0.15) is 4.98 Å². The number of nitrogens with zero attached hydrogens (tertiary/aromatic N) is 4. The van der Waals surface area contributed by atoms with Gasteiger partial charge in [-0.1, -0.05) is 17.7 Å². The van der Waals surface area contributed by atoms with E-state index in [9.17, 15) is 8.42 Å². The number of fused-ring (bicyclic) bond motifs is 6. The maximum Gasteiger partial charge on any atom is 0.229 e. The van der Waals surface area contributed by atoms with E-state index in [-0.39, 0.29) is 4.90 Å². The van der Waals surface area contributed by atoms with Gasteiger partial charge in [0.2, 0.25) is 5.95 Å². The summed E-state index contributed by atoms with van der Waals surface area (Å²) in [5.41, 5.74) is 4.84. The molecule has 5 rings (SSSR count). The average Bonchev–Trinajstić information content (AvgIpc) is 2.80. The Balaban J connectivity index is 1.60. The maximum atomic E-state index is 12.4. The number of aryl methyl sites for hydroxylation is 2. The van der Waals surface area contributed by atoms with Crippen LogP contribution in [0.2, 0.25) is 5.02 Å². The molecule has 0 amide bonds. The van der Waals surface area contributed by atoms with Crippen LogP contribution < -0.4 is 15.5 Å². The third kappa shape index (κ3) is 4.82. The monoisotopic (exact) mass is 498 g/mol. The Morgan fingerprint density at radius 2 is 1.79 bits per heavy atom. The fraction of sp³-hybridized carbons (Fsp3) is 0.333. The second kappa shape index (κ2) is 9.05. The molecular formula is C24H27ClN6O2S. The van der Waals surface area contributed by atoms with E-state index in [4.69, 9.17) is 11.6 Å². The number of benzene rings is 2. The Labute approximate surface area is 204 Å². The Morgan fingerprint density at radius 1 is 1.00 bits per heavy atom. The summed E-state index contributed by atoms with van der Waals surface area (Å²) in [4.78, 5) is 13.8. The molecule has 1 saturated heterocycles. The molecule has 6 bridgehead atoms. The first-order valence-electron chi connectivity index (χ1n) is 11.2. The molecule has 2 aromatic carbocycles. The minimum absolute atomic E-state index is 0.203. The van der Waals surface area contributed by atoms with Crippen LogP contribution in [-0.4, -0.2) is 62.8 Å². The summed E-state index contributed by atoms with van der Waals surface area (Å²) in [6.07, 6.45) is 4.28. The van der Waals surface area contributed by atoms with Gasteiger partial charge < -0.3 is 20.4 Å². The predicted octanol–water partition coefficient (Wildman–Crippen LogP) is 3.87. The van der Waals surface area contributed by atoms with Crippen LogP contribution >= 0.6 is 11.6 Å². The van der Waals surface area contributed by atoms with Crippen LogP contribution in [0.3, 0.4) is 0 Å². The molecule has 0 radical (unpaired) electrons. The van der Waals surface area contributed by atoms with Gasteiger partial charge in [0.1, 0.15) is 5.02 Å². The number of halogens is 1. The zero-order chi connectivity index (χ0) is 23.9. The van der Waals surface area contributed by atoms with Gasteiger partial charge in [-0.15, -0.1) is 0 Å². The number of nitrogens with one attached hydrogen (secondary N) is 2. The number of anilines is 5. The molecule has 8 nitrogen and oxygen atoms in total. The Kier molecular flexibility index (Phi) is 6.09. The quantitative estimate of drug-likeness (QED) is 0.550. The molecule has 2 N–H and O–H groups in total. The summed E-state index contributed by atoms with van der Waals surface area (Å²) >= 11 is 6.34. The number of hydrogen-bond acceptors (Lipinski definition) is 8. The topological polar surface area (TPSA) is 90.5 Å². The number of hydrogen-bond donors (Lipinski definition) is 2. The third-order valence-electron chi connectivity index (χ3n) is 6.30. The highest BCUT2D eigenvalue weighted by Crippen LogP contribution is 2.33. The number of sulfone groups is 1. The van der Waals surface area contributed by atoms with Crippen molar-refractivity contribution in [3.05, 3.63) is 58.7 Å². The molecule has 178 valence electrons. The summed E-state index contributed by atoms with van der Waals surface area (Å²) < 4.78 is 24.9. The van der Waals surface area contributed by atoms with Crippen molar-refractivity contribution in [3.8, 4) is 0 Å². The molecule has 3 heterocycles. The van der Waals surface area contributed by atoms with E-state index >= 15 is 0 Å². The highest BCUT2D eigenvalue weighted by molar-refractivity contribution is 7.90. The standard InChI is InChI=1S/C24H27ClN6O2S/c1-30-9-11-31(12-10-30)21-7-6-18-14-17(21)5-3-16-4-8-22(34(2,32)33)20(13-16)28-23-19(25)15-26-24(27-18)29-23/h4,6-8,13-15H,3,5,9-12H2,1-2H3,(H2,26,27,28,29). The van der Waals surface area contributed by atoms with Gasteiger partial charge in [-0.05, 0) is 61.3 Å². The van der Waals surface area contributed by atoms with Crippen LogP contribution in [-0.2, 0) is 22.7 Å². The van der Waals surface area contributed by atoms with Crippen molar-refractivity contribution in [3.63, 3.8) is 0 Å². The molecule has 0 saturated carbocycles. The van der Waals surface area contributed by atoms with E-state index in [1.54, 1.807) is 6.07 Å². The third-order valence-corrected chi connectivity index (χ3v) is 7.73. The van der Waals surface area contributed by atoms with Crippen molar-refractivity contribution in [2.45, 2.75) is 17.7 Å². The maximum absolute atomic E-state index is 12.4. The number of likely N-dealkylation sites (N-methyl/N-ethyl adjacent to an activating group) is 1. The van der Waals surface area contributed by atoms with Crippen molar-refractivity contribution in [2.24, 2.45) is 0 Å². The fourth-order valence-electron chi connectivity index (χ4n) is 4.42. The lowest BCUT2D eigenvalue weighted by Crippen LogP contribution is -2.44. The molecule has 34 heavy (non-hydrogen) atoms. The second-order valence-electron chi connectivity index (χ2n) is 8.88. The minimum atomic E-state index is -3.45. The zero-order valence-electron chi connectivity index (χ0n) is 19.2. The van der Waals surface area contributed by atoms with Gasteiger partial charge in [-0.3, -0.25) is 0 Å². The van der Waals surface area contributed by atoms with Crippen molar-refractivity contribution in [1.29, 1.82) is 0 Å². The van der Waals surface area contributed by atoms with Gasteiger partial charge in [0.25, 0.3) is 0 Å². The summed E-state index contributed by atoms with van der Waals surface area (Å²) in [7, 11) is -1.30. The van der Waals surface area contributed by atoms with E-state index in [2.05, 4.69) is 49.6 Å². The first-order chi connectivity index (χ1) is 16.3. The Hall–Kier alpha value is -2.88. The summed E-state index contributed by atoms with van der Waals surface area (Å²) in [6, 6.07) is 11.8. The van der Waals surface area contributed by atoms with Crippen LogP contribution in [0.4, 0.5) is 28.8 Å². The predicted molar refractivity (Wildman–Crippen MR) is 137 cm³/mol. The van der Waals surface area contributed by atoms with Crippen LogP contribution in [0.1, 0.15) is 11.1 Å². The molecule has 1 fully saturated rings. The lowest BCUT2D eigenvalue weighted by Gasteiger charge is -2.35. The van der Waals surface area contributed by atoms with E-state index in [1.165, 1.54) is 23.7 Å². The van der Waals surface area contributed by atoms with Crippen molar-refractivity contribution in [2.75, 3.05) is 55.0 Å². The van der Waals surface area contributed by atoms with E-state index < -0.39 is 9.84 Å². The van der Waals surface area contributed by atoms with Gasteiger partial charge >= 0.3 is 0 Å². The zero-order valence-corrected chi connectivity index (χ0v) is 20.7. The lowest BCUT2D eigenvalue weighted by atomic mass is 10.0. The van der Waals surface area contributed by atoms with Crippen LogP contribution in [0.5, 0.6) is 0 Å². The molecule has 1 aromatic heterocycles. The normalized spacial score (nSPS) is 16.5. The van der Waals surface area contributed by atoms with E-state index in [1.807, 2.05) is 18.2 Å². The van der Waals surface area contributed by atoms with Crippen molar-refractivity contribution >= 4 is 50.3 Å². The number of aromatic nitrogens is 2. The molecule has 0 unspecified atom stereocenters. The smallest absolute Gasteiger partial charge is 0.229 e. The number of rotatable bonds is 2. The summed E-state index contributed by atoms with van der Waals surface area (Å²) in [5.74, 6) is 0.719.